The van der Waals surface area contributed by atoms with Crippen LogP contribution in [0.3, 0.4) is 0 Å². The second-order valence-electron chi connectivity index (χ2n) is 2.15. The first-order chi connectivity index (χ1) is 6.25. The zero-order chi connectivity index (χ0) is 9.68. The molecule has 1 rings (SSSR count). The smallest absolute Gasteiger partial charge is 0.341 e. The molecule has 0 aromatic carbocycles. The van der Waals surface area contributed by atoms with Gasteiger partial charge in [0.25, 0.3) is 0 Å². The van der Waals surface area contributed by atoms with Gasteiger partial charge in [0.15, 0.2) is 6.61 Å². The van der Waals surface area contributed by atoms with Gasteiger partial charge in [0.1, 0.15) is 5.56 Å². The Bertz CT molecular complexity index is 354. The van der Waals surface area contributed by atoms with Crippen molar-refractivity contribution in [1.29, 1.82) is 0 Å². The van der Waals surface area contributed by atoms with Gasteiger partial charge < -0.3 is 9.84 Å². The minimum atomic E-state index is -1.08. The van der Waals surface area contributed by atoms with Gasteiger partial charge in [-0.3, -0.25) is 0 Å². The number of terminal acetylenes is 1. The maximum atomic E-state index is 10.6. The number of rotatable bonds is 3. The average molecular weight is 177 g/mol. The third-order valence-electron chi connectivity index (χ3n) is 1.29. The van der Waals surface area contributed by atoms with Crippen molar-refractivity contribution in [2.75, 3.05) is 6.61 Å². The summed E-state index contributed by atoms with van der Waals surface area (Å²) in [5, 5.41) is 8.69. The van der Waals surface area contributed by atoms with Gasteiger partial charge in [0, 0.05) is 6.20 Å². The van der Waals surface area contributed by atoms with Crippen LogP contribution in [0, 0.1) is 12.3 Å². The lowest BCUT2D eigenvalue weighted by atomic mass is 10.3. The molecule has 1 aromatic rings. The van der Waals surface area contributed by atoms with E-state index in [-0.39, 0.29) is 18.1 Å². The Morgan fingerprint density at radius 3 is 3.15 bits per heavy atom. The first-order valence-corrected chi connectivity index (χ1v) is 3.50. The van der Waals surface area contributed by atoms with Crippen molar-refractivity contribution in [2.45, 2.75) is 0 Å². The molecule has 4 heteroatoms. The fourth-order valence-electron chi connectivity index (χ4n) is 0.779. The largest absolute Gasteiger partial charge is 0.477 e. The van der Waals surface area contributed by atoms with Gasteiger partial charge in [0.2, 0.25) is 5.88 Å². The monoisotopic (exact) mass is 177 g/mol. The summed E-state index contributed by atoms with van der Waals surface area (Å²) < 4.78 is 4.92. The van der Waals surface area contributed by atoms with Crippen LogP contribution in [-0.4, -0.2) is 22.7 Å². The number of hydrogen-bond acceptors (Lipinski definition) is 3. The Kier molecular flexibility index (Phi) is 2.87. The van der Waals surface area contributed by atoms with Gasteiger partial charge in [-0.1, -0.05) is 5.92 Å². The lowest BCUT2D eigenvalue weighted by Gasteiger charge is -2.03. The molecule has 4 nitrogen and oxygen atoms in total. The van der Waals surface area contributed by atoms with Crippen molar-refractivity contribution in [3.63, 3.8) is 0 Å². The first-order valence-electron chi connectivity index (χ1n) is 3.50. The first kappa shape index (κ1) is 9.07. The summed E-state index contributed by atoms with van der Waals surface area (Å²) in [7, 11) is 0. The lowest BCUT2D eigenvalue weighted by Crippen LogP contribution is -2.04. The number of pyridine rings is 1. The summed E-state index contributed by atoms with van der Waals surface area (Å²) in [6.07, 6.45) is 6.40. The van der Waals surface area contributed by atoms with E-state index < -0.39 is 5.97 Å². The molecule has 1 N–H and O–H groups in total. The lowest BCUT2D eigenvalue weighted by molar-refractivity contribution is 0.0692. The van der Waals surface area contributed by atoms with Crippen LogP contribution in [0.15, 0.2) is 18.3 Å². The summed E-state index contributed by atoms with van der Waals surface area (Å²) in [4.78, 5) is 14.4. The Hall–Kier alpha value is -2.02. The normalized spacial score (nSPS) is 8.85. The topological polar surface area (TPSA) is 59.4 Å². The van der Waals surface area contributed by atoms with Crippen LogP contribution >= 0.6 is 0 Å². The van der Waals surface area contributed by atoms with Crippen molar-refractivity contribution >= 4 is 5.97 Å². The molecule has 66 valence electrons. The molecule has 1 heterocycles. The molecule has 0 bridgehead atoms. The average Bonchev–Trinajstić information content (AvgIpc) is 2.15. The minimum absolute atomic E-state index is 0.0112. The highest BCUT2D eigenvalue weighted by molar-refractivity contribution is 5.90. The van der Waals surface area contributed by atoms with Crippen molar-refractivity contribution in [3.8, 4) is 18.2 Å². The van der Waals surface area contributed by atoms with Gasteiger partial charge in [-0.05, 0) is 12.1 Å². The Labute approximate surface area is 75.2 Å². The van der Waals surface area contributed by atoms with E-state index in [9.17, 15) is 4.79 Å². The molecule has 0 aliphatic rings. The van der Waals surface area contributed by atoms with Crippen LogP contribution in [-0.2, 0) is 0 Å². The maximum absolute atomic E-state index is 10.6. The predicted octanol–water partition coefficient (Wildman–Crippen LogP) is 0.792. The van der Waals surface area contributed by atoms with Crippen LogP contribution in [0.4, 0.5) is 0 Å². The van der Waals surface area contributed by atoms with Crippen LogP contribution < -0.4 is 4.74 Å². The second kappa shape index (κ2) is 4.12. The summed E-state index contributed by atoms with van der Waals surface area (Å²) in [5.41, 5.74) is 0.0118. The fourth-order valence-corrected chi connectivity index (χ4v) is 0.779. The van der Waals surface area contributed by atoms with E-state index in [1.807, 2.05) is 0 Å². The van der Waals surface area contributed by atoms with Crippen molar-refractivity contribution < 1.29 is 14.6 Å². The van der Waals surface area contributed by atoms with E-state index in [1.54, 1.807) is 0 Å². The SMILES string of the molecule is C#CCOc1ncccc1C(=O)O. The molecule has 0 amide bonds. The van der Waals surface area contributed by atoms with Crippen molar-refractivity contribution in [2.24, 2.45) is 0 Å². The predicted molar refractivity (Wildman–Crippen MR) is 45.5 cm³/mol. The Balaban J connectivity index is 2.92. The van der Waals surface area contributed by atoms with Gasteiger partial charge in [-0.25, -0.2) is 9.78 Å². The molecule has 13 heavy (non-hydrogen) atoms. The molecule has 0 aliphatic heterocycles. The van der Waals surface area contributed by atoms with Crippen LogP contribution in [0.1, 0.15) is 10.4 Å². The van der Waals surface area contributed by atoms with Crippen LogP contribution in [0.25, 0.3) is 0 Å². The molecular formula is C9H7NO3. The van der Waals surface area contributed by atoms with E-state index in [4.69, 9.17) is 16.3 Å². The number of carbonyl (C=O) groups is 1. The fraction of sp³-hybridized carbons (Fsp3) is 0.111. The molecule has 0 saturated heterocycles. The van der Waals surface area contributed by atoms with Crippen molar-refractivity contribution in [1.82, 2.24) is 4.98 Å². The minimum Gasteiger partial charge on any atom is -0.477 e. The molecule has 0 fully saturated rings. The molecule has 0 radical (unpaired) electrons. The van der Waals surface area contributed by atoms with Crippen LogP contribution in [0.2, 0.25) is 0 Å². The number of hydrogen-bond donors (Lipinski definition) is 1. The number of aromatic carboxylic acids is 1. The quantitative estimate of drug-likeness (QED) is 0.693. The van der Waals surface area contributed by atoms with E-state index >= 15 is 0 Å². The number of aromatic nitrogens is 1. The molecular weight excluding hydrogens is 170 g/mol. The highest BCUT2D eigenvalue weighted by atomic mass is 16.5. The van der Waals surface area contributed by atoms with Crippen molar-refractivity contribution in [3.05, 3.63) is 23.9 Å². The number of carboxylic acids is 1. The summed E-state index contributed by atoms with van der Waals surface area (Å²) >= 11 is 0. The third-order valence-corrected chi connectivity index (χ3v) is 1.29. The Morgan fingerprint density at radius 1 is 1.77 bits per heavy atom. The van der Waals surface area contributed by atoms with Gasteiger partial charge in [-0.15, -0.1) is 6.42 Å². The van der Waals surface area contributed by atoms with Gasteiger partial charge >= 0.3 is 5.97 Å². The molecule has 0 atom stereocenters. The summed E-state index contributed by atoms with van der Waals surface area (Å²) in [6, 6.07) is 2.92. The van der Waals surface area contributed by atoms with E-state index in [0.717, 1.165) is 0 Å². The molecule has 0 saturated carbocycles. The standard InChI is InChI=1S/C9H7NO3/c1-2-6-13-8-7(9(11)12)4-3-5-10-8/h1,3-5H,6H2,(H,11,12). The molecule has 0 unspecified atom stereocenters. The molecule has 1 aromatic heterocycles. The molecule has 0 spiro atoms. The number of carboxylic acid groups (broad SMARTS) is 1. The number of ether oxygens (including phenoxy) is 1. The Morgan fingerprint density at radius 2 is 2.54 bits per heavy atom. The number of nitrogens with zero attached hydrogens (tertiary/aromatic N) is 1. The van der Waals surface area contributed by atoms with Gasteiger partial charge in [-0.2, -0.15) is 0 Å². The van der Waals surface area contributed by atoms with Gasteiger partial charge in [0.05, 0.1) is 0 Å². The summed E-state index contributed by atoms with van der Waals surface area (Å²) in [5.74, 6) is 1.19. The highest BCUT2D eigenvalue weighted by Gasteiger charge is 2.10. The summed E-state index contributed by atoms with van der Waals surface area (Å²) in [6.45, 7) is 0.0112. The van der Waals surface area contributed by atoms with E-state index in [2.05, 4.69) is 10.9 Å². The zero-order valence-electron chi connectivity index (χ0n) is 6.73. The highest BCUT2D eigenvalue weighted by Crippen LogP contribution is 2.13. The van der Waals surface area contributed by atoms with Crippen LogP contribution in [0.5, 0.6) is 5.88 Å². The second-order valence-corrected chi connectivity index (χ2v) is 2.15. The molecule has 0 aliphatic carbocycles. The van der Waals surface area contributed by atoms with E-state index in [1.165, 1.54) is 18.3 Å². The maximum Gasteiger partial charge on any atom is 0.341 e. The zero-order valence-corrected chi connectivity index (χ0v) is 6.73. The van der Waals surface area contributed by atoms with E-state index in [0.29, 0.717) is 0 Å². The third kappa shape index (κ3) is 2.20.